The predicted molar refractivity (Wildman–Crippen MR) is 76.1 cm³/mol. The van der Waals surface area contributed by atoms with Crippen LogP contribution in [-0.4, -0.2) is 32.7 Å². The molecule has 0 aliphatic heterocycles. The molecule has 0 heterocycles. The van der Waals surface area contributed by atoms with Gasteiger partial charge in [-0.1, -0.05) is 26.2 Å². The number of sulfonamides is 1. The van der Waals surface area contributed by atoms with Crippen molar-refractivity contribution in [2.75, 3.05) is 13.6 Å². The maximum Gasteiger partial charge on any atom is 1.00 e. The first-order chi connectivity index (χ1) is 7.73. The topological polar surface area (TPSA) is 77.3 Å². The van der Waals surface area contributed by atoms with Crippen LogP contribution in [0.2, 0.25) is 0 Å². The average Bonchev–Trinajstić information content (AvgIpc) is 1.96. The molecule has 0 radical (unpaired) electrons. The van der Waals surface area contributed by atoms with Gasteiger partial charge in [0.25, 0.3) is 0 Å². The van der Waals surface area contributed by atoms with Crippen LogP contribution in [0, 0.1) is 5.41 Å². The average molecular weight is 365 g/mol. The molecule has 19 heavy (non-hydrogen) atoms. The molecule has 0 aliphatic rings. The Kier molecular flexibility index (Phi) is 13.2. The molecular formula is C12H27N2O3RbS. The summed E-state index contributed by atoms with van der Waals surface area (Å²) in [4.78, 5) is 10.4. The van der Waals surface area contributed by atoms with Gasteiger partial charge in [-0.05, 0) is 20.8 Å². The normalized spacial score (nSPS) is 11.8. The number of amides is 1. The largest absolute Gasteiger partial charge is 1.00 e. The molecule has 0 fully saturated rings. The fourth-order valence-electron chi connectivity index (χ4n) is 0.817. The van der Waals surface area contributed by atoms with Crippen molar-refractivity contribution in [2.45, 2.75) is 53.2 Å². The Morgan fingerprint density at radius 2 is 1.47 bits per heavy atom. The van der Waals surface area contributed by atoms with Gasteiger partial charge in [0, 0.05) is 6.92 Å². The van der Waals surface area contributed by atoms with Crippen LogP contribution in [0.5, 0.6) is 0 Å². The van der Waals surface area contributed by atoms with E-state index in [1.807, 2.05) is 11.8 Å². The minimum Gasteiger partial charge on any atom is -0.665 e. The Balaban J connectivity index is -0.000000280. The number of nitrogens with zero attached hydrogens (tertiary/aromatic N) is 1. The Morgan fingerprint density at radius 3 is 1.53 bits per heavy atom. The predicted octanol–water partition coefficient (Wildman–Crippen LogP) is -0.709. The fourth-order valence-corrected chi connectivity index (χ4v) is 1.50. The van der Waals surface area contributed by atoms with Crippen molar-refractivity contribution < 1.29 is 71.4 Å². The van der Waals surface area contributed by atoms with Gasteiger partial charge in [-0.3, -0.25) is 9.52 Å². The molecule has 0 bridgehead atoms. The van der Waals surface area contributed by atoms with E-state index in [-0.39, 0.29) is 58.2 Å². The molecule has 5 nitrogen and oxygen atoms in total. The van der Waals surface area contributed by atoms with Gasteiger partial charge in [0.15, 0.2) is 0 Å². The quantitative estimate of drug-likeness (QED) is 0.703. The van der Waals surface area contributed by atoms with E-state index in [0.29, 0.717) is 5.41 Å². The van der Waals surface area contributed by atoms with Gasteiger partial charge >= 0.3 is 58.2 Å². The van der Waals surface area contributed by atoms with Gasteiger partial charge in [-0.2, -0.15) is 7.05 Å². The summed E-state index contributed by atoms with van der Waals surface area (Å²) >= 11 is 0. The van der Waals surface area contributed by atoms with Gasteiger partial charge in [0.2, 0.25) is 15.9 Å². The summed E-state index contributed by atoms with van der Waals surface area (Å²) in [5, 5.41) is 4.01. The Bertz CT molecular complexity index is 354. The molecular weight excluding hydrogens is 338 g/mol. The Hall–Kier alpha value is 1.19. The second-order valence-electron chi connectivity index (χ2n) is 6.31. The zero-order valence-electron chi connectivity index (χ0n) is 13.8. The summed E-state index contributed by atoms with van der Waals surface area (Å²) in [5.41, 5.74) is 0.384. The number of hydrogen-bond donors (Lipinski definition) is 1. The molecule has 0 saturated heterocycles. The van der Waals surface area contributed by atoms with Gasteiger partial charge in [0.05, 0.1) is 4.75 Å². The van der Waals surface area contributed by atoms with E-state index in [0.717, 1.165) is 6.54 Å². The summed E-state index contributed by atoms with van der Waals surface area (Å²) in [6.45, 7) is 13.3. The van der Waals surface area contributed by atoms with E-state index in [1.165, 1.54) is 27.7 Å². The molecule has 0 spiro atoms. The molecule has 0 saturated carbocycles. The third-order valence-electron chi connectivity index (χ3n) is 1.72. The molecule has 110 valence electrons. The molecule has 0 aromatic carbocycles. The summed E-state index contributed by atoms with van der Waals surface area (Å²) in [6, 6.07) is 0. The molecule has 0 aromatic heterocycles. The van der Waals surface area contributed by atoms with E-state index < -0.39 is 20.7 Å². The third-order valence-corrected chi connectivity index (χ3v) is 3.89. The Morgan fingerprint density at radius 1 is 1.11 bits per heavy atom. The minimum absolute atomic E-state index is 0. The maximum absolute atomic E-state index is 11.1. The second-order valence-corrected chi connectivity index (χ2v) is 8.74. The number of nitrogens with one attached hydrogen (secondary N) is 1. The molecule has 1 N–H and O–H groups in total. The number of hydrogen-bond acceptors (Lipinski definition) is 3. The van der Waals surface area contributed by atoms with E-state index >= 15 is 0 Å². The van der Waals surface area contributed by atoms with E-state index in [9.17, 15) is 13.2 Å². The number of carbonyl (C=O) groups excluding carboxylic acids is 1. The van der Waals surface area contributed by atoms with Crippen molar-refractivity contribution in [3.8, 4) is 0 Å². The maximum atomic E-state index is 11.1. The van der Waals surface area contributed by atoms with Crippen molar-refractivity contribution in [1.29, 1.82) is 0 Å². The van der Waals surface area contributed by atoms with E-state index in [2.05, 4.69) is 26.1 Å². The van der Waals surface area contributed by atoms with Crippen molar-refractivity contribution in [3.63, 3.8) is 0 Å². The van der Waals surface area contributed by atoms with Gasteiger partial charge in [-0.15, -0.1) is 6.54 Å². The summed E-state index contributed by atoms with van der Waals surface area (Å²) in [5.74, 6) is -0.556. The molecule has 0 rings (SSSR count). The smallest absolute Gasteiger partial charge is 0.665 e. The SMILES string of the molecule is CC(=O)NS(=O)(=O)C(C)(C)C.C[N-]CC(C)(C)C.[Rb+]. The third kappa shape index (κ3) is 15.4. The van der Waals surface area contributed by atoms with Crippen molar-refractivity contribution in [2.24, 2.45) is 5.41 Å². The standard InChI is InChI=1S/C6H13NO3S.C6H14N.Rb/c1-5(8)7-11(9,10)6(2,3)4;1-6(2,3)5-7-4;/h1-4H3,(H,7,8);5H2,1-4H3;/q;-1;+1. The van der Waals surface area contributed by atoms with Crippen LogP contribution >= 0.6 is 0 Å². The molecule has 0 aromatic rings. The van der Waals surface area contributed by atoms with Crippen molar-refractivity contribution in [1.82, 2.24) is 4.72 Å². The van der Waals surface area contributed by atoms with Crippen molar-refractivity contribution in [3.05, 3.63) is 5.32 Å². The Labute approximate surface area is 167 Å². The monoisotopic (exact) mass is 364 g/mol. The van der Waals surface area contributed by atoms with E-state index in [1.54, 1.807) is 0 Å². The van der Waals surface area contributed by atoms with Gasteiger partial charge in [0.1, 0.15) is 0 Å². The van der Waals surface area contributed by atoms with Crippen LogP contribution in [0.3, 0.4) is 0 Å². The summed E-state index contributed by atoms with van der Waals surface area (Å²) in [7, 11) is -1.64. The molecule has 0 aliphatic carbocycles. The van der Waals surface area contributed by atoms with Crippen LogP contribution in [-0.2, 0) is 14.8 Å². The van der Waals surface area contributed by atoms with E-state index in [4.69, 9.17) is 0 Å². The molecule has 7 heteroatoms. The summed E-state index contributed by atoms with van der Waals surface area (Å²) in [6.07, 6.45) is 0. The zero-order valence-corrected chi connectivity index (χ0v) is 19.5. The van der Waals surface area contributed by atoms with Gasteiger partial charge in [-0.25, -0.2) is 8.42 Å². The van der Waals surface area contributed by atoms with Crippen LogP contribution in [0.25, 0.3) is 5.32 Å². The first kappa shape index (κ1) is 25.2. The van der Waals surface area contributed by atoms with Crippen LogP contribution in [0.4, 0.5) is 0 Å². The molecule has 1 amide bonds. The van der Waals surface area contributed by atoms with Gasteiger partial charge < -0.3 is 5.32 Å². The summed E-state index contributed by atoms with van der Waals surface area (Å²) < 4.78 is 23.2. The second kappa shape index (κ2) is 10.0. The van der Waals surface area contributed by atoms with Crippen LogP contribution in [0.1, 0.15) is 48.5 Å². The van der Waals surface area contributed by atoms with Crippen LogP contribution < -0.4 is 62.9 Å². The van der Waals surface area contributed by atoms with Crippen LogP contribution in [0.15, 0.2) is 0 Å². The molecule has 0 atom stereocenters. The first-order valence-electron chi connectivity index (χ1n) is 5.81. The zero-order chi connectivity index (χ0) is 15.2. The fraction of sp³-hybridized carbons (Fsp3) is 0.917. The minimum atomic E-state index is -3.50. The first-order valence-corrected chi connectivity index (χ1v) is 7.30. The van der Waals surface area contributed by atoms with Crippen molar-refractivity contribution >= 4 is 15.9 Å². The number of carbonyl (C=O) groups is 1. The number of rotatable bonds is 2. The molecule has 0 unspecified atom stereocenters.